The molecule has 2 aliphatic heterocycles. The smallest absolute Gasteiger partial charge is 0.238 e. The molecule has 0 aromatic heterocycles. The van der Waals surface area contributed by atoms with Gasteiger partial charge in [-0.25, -0.2) is 0 Å². The van der Waals surface area contributed by atoms with Crippen molar-refractivity contribution in [2.24, 2.45) is 5.92 Å². The predicted molar refractivity (Wildman–Crippen MR) is 124 cm³/mol. The Bertz CT molecular complexity index is 876. The van der Waals surface area contributed by atoms with Crippen LogP contribution in [0.1, 0.15) is 44.7 Å². The van der Waals surface area contributed by atoms with E-state index in [-0.39, 0.29) is 18.5 Å². The van der Waals surface area contributed by atoms with Gasteiger partial charge in [-0.3, -0.25) is 4.79 Å². The van der Waals surface area contributed by atoms with Crippen molar-refractivity contribution in [1.82, 2.24) is 5.32 Å². The van der Waals surface area contributed by atoms with Crippen molar-refractivity contribution in [2.75, 3.05) is 43.1 Å². The lowest BCUT2D eigenvalue weighted by Gasteiger charge is -2.24. The summed E-state index contributed by atoms with van der Waals surface area (Å²) in [6.45, 7) is 8.11. The highest BCUT2D eigenvalue weighted by atomic mass is 16.5. The number of amides is 1. The second-order valence-corrected chi connectivity index (χ2v) is 8.65. The molecule has 2 N–H and O–H groups in total. The topological polar surface area (TPSA) is 62.8 Å². The minimum Gasteiger partial charge on any atom is -0.490 e. The van der Waals surface area contributed by atoms with E-state index in [0.29, 0.717) is 19.1 Å². The van der Waals surface area contributed by atoms with Crippen molar-refractivity contribution < 1.29 is 14.3 Å². The molecule has 31 heavy (non-hydrogen) atoms. The molecule has 0 spiro atoms. The van der Waals surface area contributed by atoms with Crippen molar-refractivity contribution in [3.8, 4) is 11.5 Å². The summed E-state index contributed by atoms with van der Waals surface area (Å²) in [4.78, 5) is 14.9. The molecule has 1 atom stereocenters. The molecular weight excluding hydrogens is 390 g/mol. The van der Waals surface area contributed by atoms with Gasteiger partial charge in [-0.1, -0.05) is 19.9 Å². The summed E-state index contributed by atoms with van der Waals surface area (Å²) in [5.41, 5.74) is 3.15. The van der Waals surface area contributed by atoms with Gasteiger partial charge in [0.1, 0.15) is 0 Å². The lowest BCUT2D eigenvalue weighted by Crippen LogP contribution is -2.33. The maximum absolute atomic E-state index is 12.6. The van der Waals surface area contributed by atoms with E-state index in [1.54, 1.807) is 0 Å². The first kappa shape index (κ1) is 21.5. The normalized spacial score (nSPS) is 16.8. The first-order valence-electron chi connectivity index (χ1n) is 11.4. The first-order valence-corrected chi connectivity index (χ1v) is 11.4. The summed E-state index contributed by atoms with van der Waals surface area (Å²) in [6.07, 6.45) is 3.39. The van der Waals surface area contributed by atoms with Crippen LogP contribution in [0.25, 0.3) is 0 Å². The van der Waals surface area contributed by atoms with Crippen LogP contribution in [-0.4, -0.2) is 38.8 Å². The van der Waals surface area contributed by atoms with E-state index in [4.69, 9.17) is 9.47 Å². The van der Waals surface area contributed by atoms with Crippen molar-refractivity contribution in [3.63, 3.8) is 0 Å². The van der Waals surface area contributed by atoms with Crippen LogP contribution < -0.4 is 25.0 Å². The number of rotatable bonds is 7. The van der Waals surface area contributed by atoms with Gasteiger partial charge in [0, 0.05) is 36.9 Å². The molecule has 0 radical (unpaired) electrons. The second-order valence-electron chi connectivity index (χ2n) is 8.65. The Morgan fingerprint density at radius 1 is 0.968 bits per heavy atom. The van der Waals surface area contributed by atoms with Gasteiger partial charge >= 0.3 is 0 Å². The molecule has 0 aliphatic carbocycles. The molecule has 6 nitrogen and oxygen atoms in total. The minimum atomic E-state index is -0.0473. The summed E-state index contributed by atoms with van der Waals surface area (Å²) < 4.78 is 11.6. The number of hydrogen-bond acceptors (Lipinski definition) is 5. The molecule has 1 unspecified atom stereocenters. The van der Waals surface area contributed by atoms with Gasteiger partial charge in [0.2, 0.25) is 5.91 Å². The zero-order valence-electron chi connectivity index (χ0n) is 18.5. The number of anilines is 2. The number of fused-ring (bicyclic) bond motifs is 1. The summed E-state index contributed by atoms with van der Waals surface area (Å²) in [5, 5.41) is 6.42. The van der Waals surface area contributed by atoms with E-state index < -0.39 is 0 Å². The van der Waals surface area contributed by atoms with Crippen molar-refractivity contribution >= 4 is 17.3 Å². The Hall–Kier alpha value is -2.73. The Kier molecular flexibility index (Phi) is 6.97. The van der Waals surface area contributed by atoms with Crippen LogP contribution >= 0.6 is 0 Å². The van der Waals surface area contributed by atoms with Gasteiger partial charge in [-0.05, 0) is 60.7 Å². The lowest BCUT2D eigenvalue weighted by molar-refractivity contribution is -0.115. The summed E-state index contributed by atoms with van der Waals surface area (Å²) in [7, 11) is 0. The molecule has 0 saturated carbocycles. The fraction of sp³-hybridized carbons (Fsp3) is 0.480. The maximum Gasteiger partial charge on any atom is 0.238 e. The number of carbonyl (C=O) groups is 1. The molecular formula is C25H33N3O3. The fourth-order valence-electron chi connectivity index (χ4n) is 4.25. The highest BCUT2D eigenvalue weighted by Gasteiger charge is 2.20. The quantitative estimate of drug-likeness (QED) is 0.692. The third-order valence-electron chi connectivity index (χ3n) is 5.90. The van der Waals surface area contributed by atoms with E-state index in [2.05, 4.69) is 47.6 Å². The average Bonchev–Trinajstić information content (AvgIpc) is 3.20. The van der Waals surface area contributed by atoms with Gasteiger partial charge in [0.15, 0.2) is 11.5 Å². The van der Waals surface area contributed by atoms with E-state index in [0.717, 1.165) is 42.3 Å². The summed E-state index contributed by atoms with van der Waals surface area (Å²) in [6, 6.07) is 14.2. The van der Waals surface area contributed by atoms with Crippen LogP contribution in [0.4, 0.5) is 11.4 Å². The molecule has 1 saturated heterocycles. The molecule has 1 fully saturated rings. The van der Waals surface area contributed by atoms with Gasteiger partial charge in [-0.2, -0.15) is 0 Å². The number of nitrogens with one attached hydrogen (secondary N) is 2. The zero-order valence-corrected chi connectivity index (χ0v) is 18.5. The molecule has 6 heteroatoms. The van der Waals surface area contributed by atoms with Gasteiger partial charge in [0.05, 0.1) is 19.8 Å². The lowest BCUT2D eigenvalue weighted by atomic mass is 9.95. The predicted octanol–water partition coefficient (Wildman–Crippen LogP) is 4.37. The van der Waals surface area contributed by atoms with Gasteiger partial charge in [0.25, 0.3) is 0 Å². The van der Waals surface area contributed by atoms with Crippen LogP contribution in [0.3, 0.4) is 0 Å². The molecule has 4 rings (SSSR count). The van der Waals surface area contributed by atoms with Crippen LogP contribution in [0.5, 0.6) is 11.5 Å². The maximum atomic E-state index is 12.6. The third kappa shape index (κ3) is 5.50. The fourth-order valence-corrected chi connectivity index (χ4v) is 4.25. The Labute approximate surface area is 184 Å². The van der Waals surface area contributed by atoms with Crippen molar-refractivity contribution in [2.45, 2.75) is 39.2 Å². The first-order chi connectivity index (χ1) is 15.1. The molecule has 2 aliphatic rings. The van der Waals surface area contributed by atoms with Crippen LogP contribution in [0.15, 0.2) is 42.5 Å². The highest BCUT2D eigenvalue weighted by Crippen LogP contribution is 2.34. The number of hydrogen-bond donors (Lipinski definition) is 2. The molecule has 1 amide bonds. The Morgan fingerprint density at radius 3 is 2.39 bits per heavy atom. The van der Waals surface area contributed by atoms with Gasteiger partial charge in [-0.15, -0.1) is 0 Å². The monoisotopic (exact) mass is 423 g/mol. The van der Waals surface area contributed by atoms with Crippen LogP contribution in [0, 0.1) is 5.92 Å². The van der Waals surface area contributed by atoms with Crippen LogP contribution in [-0.2, 0) is 4.79 Å². The van der Waals surface area contributed by atoms with E-state index in [1.165, 1.54) is 18.5 Å². The Morgan fingerprint density at radius 2 is 1.68 bits per heavy atom. The second kappa shape index (κ2) is 10.1. The standard InChI is InChI=1S/C25H33N3O3/c1-18(2)25(19-6-11-22-23(16-19)31-15-5-14-30-22)26-17-24(29)27-20-7-9-21(10-8-20)28-12-3-4-13-28/h6-11,16,18,25-26H,3-5,12-15,17H2,1-2H3,(H,27,29). The SMILES string of the molecule is CC(C)C(NCC(=O)Nc1ccc(N2CCCC2)cc1)c1ccc2c(c1)OCCCO2. The minimum absolute atomic E-state index is 0.0421. The van der Waals surface area contributed by atoms with E-state index >= 15 is 0 Å². The molecule has 2 aromatic rings. The number of benzene rings is 2. The zero-order chi connectivity index (χ0) is 21.6. The van der Waals surface area contributed by atoms with Crippen molar-refractivity contribution in [3.05, 3.63) is 48.0 Å². The van der Waals surface area contributed by atoms with E-state index in [9.17, 15) is 4.79 Å². The molecule has 0 bridgehead atoms. The summed E-state index contributed by atoms with van der Waals surface area (Å²) in [5.74, 6) is 1.84. The van der Waals surface area contributed by atoms with Crippen LogP contribution in [0.2, 0.25) is 0 Å². The van der Waals surface area contributed by atoms with Gasteiger partial charge < -0.3 is 25.0 Å². The number of nitrogens with zero attached hydrogens (tertiary/aromatic N) is 1. The van der Waals surface area contributed by atoms with E-state index in [1.807, 2.05) is 24.3 Å². The molecule has 2 heterocycles. The van der Waals surface area contributed by atoms with Crippen molar-refractivity contribution in [1.29, 1.82) is 0 Å². The number of ether oxygens (including phenoxy) is 2. The third-order valence-corrected chi connectivity index (χ3v) is 5.90. The molecule has 2 aromatic carbocycles. The summed E-state index contributed by atoms with van der Waals surface area (Å²) >= 11 is 0. The highest BCUT2D eigenvalue weighted by molar-refractivity contribution is 5.92. The number of carbonyl (C=O) groups excluding carboxylic acids is 1. The Balaban J connectivity index is 1.35. The largest absolute Gasteiger partial charge is 0.490 e. The molecule has 166 valence electrons. The average molecular weight is 424 g/mol.